The van der Waals surface area contributed by atoms with E-state index in [2.05, 4.69) is 40.5 Å². The van der Waals surface area contributed by atoms with Crippen LogP contribution >= 0.6 is 15.6 Å². The quantitative estimate of drug-likeness (QED) is 0.0199. The Kier molecular flexibility index (Phi) is 30.3. The van der Waals surface area contributed by atoms with Gasteiger partial charge >= 0.3 is 33.3 Å². The lowest BCUT2D eigenvalue weighted by atomic mass is 9.83. The summed E-state index contributed by atoms with van der Waals surface area (Å²) in [5.41, 5.74) is 4.74. The Morgan fingerprint density at radius 1 is 0.877 bits per heavy atom. The molecule has 73 heavy (non-hydrogen) atoms. The minimum Gasteiger partial charge on any atom is -0.462 e. The molecular weight excluding hydrogens is 993 g/mol. The molecule has 0 aromatic carbocycles. The largest absolute Gasteiger partial charge is 0.481 e. The number of hydrogen-bond acceptors (Lipinski definition) is 18. The van der Waals surface area contributed by atoms with Gasteiger partial charge in [-0.1, -0.05) is 120 Å². The summed E-state index contributed by atoms with van der Waals surface area (Å²) in [6, 6.07) is 1.22. The van der Waals surface area contributed by atoms with Crippen molar-refractivity contribution in [2.24, 2.45) is 11.8 Å². The summed E-state index contributed by atoms with van der Waals surface area (Å²) in [6.07, 6.45) is 16.5. The maximum absolute atomic E-state index is 14.0. The second kappa shape index (κ2) is 34.8. The summed E-state index contributed by atoms with van der Waals surface area (Å²) in [4.78, 5) is 78.1. The number of nitrogen functional groups attached to an aromatic ring is 1. The van der Waals surface area contributed by atoms with Gasteiger partial charge < -0.3 is 50.2 Å². The van der Waals surface area contributed by atoms with E-state index in [1.54, 1.807) is 12.2 Å². The second-order valence-electron chi connectivity index (χ2n) is 18.5. The molecule has 0 radical (unpaired) electrons. The first kappa shape index (κ1) is 63.6. The van der Waals surface area contributed by atoms with Gasteiger partial charge in [0.25, 0.3) is 0 Å². The van der Waals surface area contributed by atoms with Gasteiger partial charge in [-0.15, -0.1) is 0 Å². The lowest BCUT2D eigenvalue weighted by Gasteiger charge is -2.39. The third-order valence-corrected chi connectivity index (χ3v) is 14.9. The molecule has 0 saturated carbocycles. The smallest absolute Gasteiger partial charge is 0.462 e. The van der Waals surface area contributed by atoms with Crippen LogP contribution in [0.25, 0.3) is 0 Å². The van der Waals surface area contributed by atoms with Crippen molar-refractivity contribution in [2.45, 2.75) is 192 Å². The number of carbonyl (C=O) groups excluding carboxylic acids is 3. The van der Waals surface area contributed by atoms with Crippen molar-refractivity contribution in [3.63, 3.8) is 0 Å². The van der Waals surface area contributed by atoms with Crippen LogP contribution in [0.2, 0.25) is 0 Å². The minimum absolute atomic E-state index is 0.0229. The van der Waals surface area contributed by atoms with Crippen LogP contribution in [-0.2, 0) is 51.1 Å². The van der Waals surface area contributed by atoms with Crippen LogP contribution in [0.4, 0.5) is 5.82 Å². The van der Waals surface area contributed by atoms with E-state index in [1.165, 1.54) is 43.9 Å². The van der Waals surface area contributed by atoms with Crippen LogP contribution < -0.4 is 11.4 Å². The van der Waals surface area contributed by atoms with Gasteiger partial charge in [-0.25, -0.2) is 13.9 Å². The van der Waals surface area contributed by atoms with E-state index < -0.39 is 120 Å². The minimum atomic E-state index is -5.73. The van der Waals surface area contributed by atoms with Crippen LogP contribution in [0.3, 0.4) is 0 Å². The molecule has 0 amide bonds. The first-order valence-electron chi connectivity index (χ1n) is 25.8. The van der Waals surface area contributed by atoms with Crippen molar-refractivity contribution in [1.82, 2.24) is 9.55 Å². The molecule has 1 aromatic heterocycles. The number of ketones is 1. The number of nitrogens with two attached hydrogens (primary N) is 1. The number of ether oxygens (including phenoxy) is 3. The van der Waals surface area contributed by atoms with Gasteiger partial charge in [0, 0.05) is 31.4 Å². The van der Waals surface area contributed by atoms with Crippen LogP contribution in [-0.4, -0.2) is 114 Å². The Balaban J connectivity index is 1.82. The Hall–Kier alpha value is -3.69. The molecule has 1 aromatic rings. The van der Waals surface area contributed by atoms with Crippen molar-refractivity contribution in [1.29, 1.82) is 0 Å². The third kappa shape index (κ3) is 25.6. The van der Waals surface area contributed by atoms with Crippen molar-refractivity contribution in [3.8, 4) is 0 Å². The fourth-order valence-corrected chi connectivity index (χ4v) is 10.2. The predicted octanol–water partition coefficient (Wildman–Crippen LogP) is 7.14. The molecule has 3 heterocycles. The number of unbranched alkanes of at least 4 members (excludes halogenated alkanes) is 11. The molecule has 8 N–H and O–H groups in total. The Labute approximate surface area is 429 Å². The number of phosphoric ester groups is 2. The SMILES string of the molecule is CCCCCC/C=C\C=C/CCCCCCCC(=O)O[C@@H]1COC(=O)CCC/C=C\C[C@@H]2[C@H](n3ccc(N)nc3=O)O[C@H](COP(=O)(O)OP(=O)(O)OC1)[C@@H](O)[C@@H](O)[C@@H](/C=C/[C@@H](O)CCCCC)C(=O)C[C@@H]2O. The first-order chi connectivity index (χ1) is 34.9. The molecule has 2 aliphatic heterocycles. The number of aliphatic hydroxyl groups is 4. The maximum Gasteiger partial charge on any atom is 0.481 e. The number of aliphatic hydroxyl groups excluding tert-OH is 4. The van der Waals surface area contributed by atoms with Crippen LogP contribution in [0.5, 0.6) is 0 Å². The molecule has 0 spiro atoms. The predicted molar refractivity (Wildman–Crippen MR) is 271 cm³/mol. The Morgan fingerprint density at radius 2 is 1.52 bits per heavy atom. The molecule has 23 heteroatoms. The van der Waals surface area contributed by atoms with Gasteiger partial charge in [0.1, 0.15) is 36.6 Å². The molecule has 1 saturated heterocycles. The highest BCUT2D eigenvalue weighted by molar-refractivity contribution is 7.61. The summed E-state index contributed by atoms with van der Waals surface area (Å²) in [6.45, 7) is 1.39. The number of carbonyl (C=O) groups is 3. The summed E-state index contributed by atoms with van der Waals surface area (Å²) in [5, 5.41) is 45.7. The zero-order valence-corrected chi connectivity index (χ0v) is 44.2. The number of rotatable bonds is 22. The lowest BCUT2D eigenvalue weighted by molar-refractivity contribution is -0.186. The number of hydrogen-bond donors (Lipinski definition) is 7. The van der Waals surface area contributed by atoms with Gasteiger partial charge in [0.05, 0.1) is 37.4 Å². The number of nitrogens with zero attached hydrogens (tertiary/aromatic N) is 2. The van der Waals surface area contributed by atoms with E-state index >= 15 is 0 Å². The zero-order chi connectivity index (χ0) is 53.7. The number of Topliss-reactive ketones (excluding diaryl/α,β-unsaturated/α-hetero) is 1. The number of esters is 2. The second-order valence-corrected chi connectivity index (χ2v) is 21.5. The lowest BCUT2D eigenvalue weighted by Crippen LogP contribution is -2.51. The van der Waals surface area contributed by atoms with Crippen molar-refractivity contribution in [3.05, 3.63) is 71.4 Å². The summed E-state index contributed by atoms with van der Waals surface area (Å²) in [7, 11) is -11.3. The van der Waals surface area contributed by atoms with Gasteiger partial charge in [0.2, 0.25) is 0 Å². The first-order valence-corrected chi connectivity index (χ1v) is 28.8. The van der Waals surface area contributed by atoms with Gasteiger partial charge in [-0.3, -0.25) is 28.0 Å². The average molecular weight is 1070 g/mol. The van der Waals surface area contributed by atoms with E-state index in [1.807, 2.05) is 6.92 Å². The number of aromatic nitrogens is 2. The number of fused-ring (bicyclic) bond motifs is 3. The monoisotopic (exact) mass is 1070 g/mol. The van der Waals surface area contributed by atoms with Crippen molar-refractivity contribution in [2.75, 3.05) is 25.6 Å². The molecule has 2 unspecified atom stereocenters. The highest BCUT2D eigenvalue weighted by Crippen LogP contribution is 2.60. The van der Waals surface area contributed by atoms with Crippen LogP contribution in [0.15, 0.2) is 65.7 Å². The zero-order valence-electron chi connectivity index (χ0n) is 42.4. The average Bonchev–Trinajstić information content (AvgIpc) is 3.33. The number of anilines is 1. The maximum atomic E-state index is 14.0. The summed E-state index contributed by atoms with van der Waals surface area (Å²) >= 11 is 0. The van der Waals surface area contributed by atoms with E-state index in [4.69, 9.17) is 29.0 Å². The molecule has 2 aliphatic rings. The molecule has 0 aliphatic carbocycles. The molecule has 1 fully saturated rings. The van der Waals surface area contributed by atoms with Gasteiger partial charge in [-0.05, 0) is 63.9 Å². The molecule has 3 rings (SSSR count). The molecule has 414 valence electrons. The van der Waals surface area contributed by atoms with Crippen molar-refractivity contribution >= 4 is 39.2 Å². The highest BCUT2D eigenvalue weighted by atomic mass is 31.3. The number of phosphoric acid groups is 2. The van der Waals surface area contributed by atoms with Crippen LogP contribution in [0, 0.1) is 11.8 Å². The number of cyclic esters (lactones) is 1. The molecule has 11 atom stereocenters. The Bertz CT molecular complexity index is 2080. The fourth-order valence-electron chi connectivity index (χ4n) is 8.12. The van der Waals surface area contributed by atoms with E-state index in [-0.39, 0.29) is 37.9 Å². The topological polar surface area (TPSA) is 323 Å². The molecular formula is C50H81N3O18P2. The fraction of sp³-hybridized carbons (Fsp3) is 0.700. The highest BCUT2D eigenvalue weighted by Gasteiger charge is 2.45. The Morgan fingerprint density at radius 3 is 2.21 bits per heavy atom. The third-order valence-electron chi connectivity index (χ3n) is 12.3. The normalized spacial score (nSPS) is 29.8. The van der Waals surface area contributed by atoms with E-state index in [9.17, 15) is 58.5 Å². The molecule has 2 bridgehead atoms. The number of allylic oxidation sites excluding steroid dienone is 6. The summed E-state index contributed by atoms with van der Waals surface area (Å²) < 4.78 is 58.9. The van der Waals surface area contributed by atoms with Crippen molar-refractivity contribution < 1.29 is 81.3 Å². The van der Waals surface area contributed by atoms with E-state index in [0.29, 0.717) is 19.3 Å². The van der Waals surface area contributed by atoms with Gasteiger partial charge in [-0.2, -0.15) is 9.29 Å². The summed E-state index contributed by atoms with van der Waals surface area (Å²) in [5.74, 6) is -5.26. The molecule has 21 nitrogen and oxygen atoms in total. The van der Waals surface area contributed by atoms with E-state index in [0.717, 1.165) is 62.1 Å². The standard InChI is InChI=1S/C50H81N3O18P2/c1-3-5-7-8-9-10-11-12-13-14-15-16-17-18-24-28-46(58)69-38-34-66-45(57)27-23-20-19-22-26-40-42(56)33-41(55)39(30-29-37(54)25-21-6-4-2)47(59)48(60)43(36-68-73(64,65)71-72(62,63)67-35-38)70-49(40)53-32-31-44(51)52-50(53)61/h10-13,19,22,29-32,37-40,42-43,47-49,54,56,59-60H,3-9,14-18,20-21,23-28,33-36H2,1-2H3,(H,62,63)(H,64,65)(H2,51,52,61)/b11-10-,13-12-,22-19-,30-29+/t37-,38+,39-,40-,42-,43+,47-,48+,49+/m0/s1. The van der Waals surface area contributed by atoms with Gasteiger partial charge in [0.15, 0.2) is 6.10 Å². The van der Waals surface area contributed by atoms with Crippen LogP contribution in [0.1, 0.15) is 155 Å².